The number of amides is 1. The Morgan fingerprint density at radius 3 is 2.84 bits per heavy atom. The molecule has 0 saturated carbocycles. The molecular weight excluding hydrogens is 245 g/mol. The number of hydrogen-bond donors (Lipinski definition) is 1. The van der Waals surface area contributed by atoms with Crippen molar-refractivity contribution in [3.63, 3.8) is 0 Å². The average Bonchev–Trinajstić information content (AvgIpc) is 2.91. The number of halogens is 1. The molecule has 1 aromatic carbocycles. The quantitative estimate of drug-likeness (QED) is 0.851. The van der Waals surface area contributed by atoms with Crippen LogP contribution >= 0.6 is 0 Å². The summed E-state index contributed by atoms with van der Waals surface area (Å²) in [5.41, 5.74) is 8.39. The zero-order valence-corrected chi connectivity index (χ0v) is 10.6. The fourth-order valence-electron chi connectivity index (χ4n) is 2.50. The lowest BCUT2D eigenvalue weighted by atomic mass is 10.2. The van der Waals surface area contributed by atoms with Crippen molar-refractivity contribution in [2.24, 2.45) is 7.05 Å². The lowest BCUT2D eigenvalue weighted by molar-refractivity contribution is 0.0981. The van der Waals surface area contributed by atoms with E-state index in [9.17, 15) is 9.18 Å². The van der Waals surface area contributed by atoms with Crippen molar-refractivity contribution in [3.05, 3.63) is 47.5 Å². The highest BCUT2D eigenvalue weighted by Crippen LogP contribution is 2.30. The highest BCUT2D eigenvalue weighted by atomic mass is 19.1. The summed E-state index contributed by atoms with van der Waals surface area (Å²) >= 11 is 0. The second-order valence-electron chi connectivity index (χ2n) is 4.75. The number of nitrogens with two attached hydrogens (primary N) is 1. The van der Waals surface area contributed by atoms with Gasteiger partial charge in [0.05, 0.1) is 11.4 Å². The molecule has 1 aliphatic rings. The first-order chi connectivity index (χ1) is 9.06. The topological polar surface area (TPSA) is 51.3 Å². The summed E-state index contributed by atoms with van der Waals surface area (Å²) in [6, 6.07) is 6.21. The minimum atomic E-state index is -0.329. The van der Waals surface area contributed by atoms with Gasteiger partial charge in [-0.15, -0.1) is 0 Å². The summed E-state index contributed by atoms with van der Waals surface area (Å²) in [4.78, 5) is 14.1. The first-order valence-corrected chi connectivity index (χ1v) is 6.08. The summed E-state index contributed by atoms with van der Waals surface area (Å²) < 4.78 is 15.0. The van der Waals surface area contributed by atoms with Gasteiger partial charge < -0.3 is 15.2 Å². The third-order valence-corrected chi connectivity index (χ3v) is 3.43. The van der Waals surface area contributed by atoms with E-state index in [1.165, 1.54) is 12.1 Å². The molecule has 0 spiro atoms. The van der Waals surface area contributed by atoms with Crippen molar-refractivity contribution >= 4 is 17.3 Å². The molecule has 1 amide bonds. The highest BCUT2D eigenvalue weighted by molar-refractivity contribution is 6.06. The zero-order chi connectivity index (χ0) is 13.6. The Morgan fingerprint density at radius 2 is 2.16 bits per heavy atom. The lowest BCUT2D eigenvalue weighted by Gasteiger charge is -2.17. The third kappa shape index (κ3) is 1.87. The van der Waals surface area contributed by atoms with E-state index in [-0.39, 0.29) is 11.7 Å². The van der Waals surface area contributed by atoms with Crippen molar-refractivity contribution in [3.8, 4) is 0 Å². The molecule has 0 atom stereocenters. The summed E-state index contributed by atoms with van der Waals surface area (Å²) in [6.45, 7) is 0.572. The van der Waals surface area contributed by atoms with Gasteiger partial charge in [-0.1, -0.05) is 6.07 Å². The van der Waals surface area contributed by atoms with E-state index in [0.29, 0.717) is 23.6 Å². The number of carbonyl (C=O) groups is 1. The summed E-state index contributed by atoms with van der Waals surface area (Å²) in [5, 5.41) is 0. The van der Waals surface area contributed by atoms with Crippen molar-refractivity contribution in [2.75, 3.05) is 17.2 Å². The Bertz CT molecular complexity index is 663. The van der Waals surface area contributed by atoms with Crippen LogP contribution in [0.3, 0.4) is 0 Å². The van der Waals surface area contributed by atoms with Gasteiger partial charge >= 0.3 is 0 Å². The lowest BCUT2D eigenvalue weighted by Crippen LogP contribution is -2.30. The van der Waals surface area contributed by atoms with Gasteiger partial charge in [0.25, 0.3) is 5.91 Å². The fraction of sp³-hybridized carbons (Fsp3) is 0.214. The van der Waals surface area contributed by atoms with Gasteiger partial charge in [-0.3, -0.25) is 4.79 Å². The SMILES string of the molecule is Cn1cc(N)cc1C(=O)N1CCc2ccc(F)cc21. The van der Waals surface area contributed by atoms with Gasteiger partial charge in [0.2, 0.25) is 0 Å². The van der Waals surface area contributed by atoms with E-state index in [1.54, 1.807) is 34.8 Å². The Labute approximate surface area is 110 Å². The normalized spacial score (nSPS) is 13.7. The Morgan fingerprint density at radius 1 is 1.37 bits per heavy atom. The van der Waals surface area contributed by atoms with E-state index in [2.05, 4.69) is 0 Å². The Balaban J connectivity index is 2.00. The van der Waals surface area contributed by atoms with E-state index in [1.807, 2.05) is 0 Å². The van der Waals surface area contributed by atoms with Crippen LogP contribution in [0.15, 0.2) is 30.5 Å². The third-order valence-electron chi connectivity index (χ3n) is 3.43. The zero-order valence-electron chi connectivity index (χ0n) is 10.6. The number of anilines is 2. The van der Waals surface area contributed by atoms with Crippen molar-refractivity contribution in [2.45, 2.75) is 6.42 Å². The maximum absolute atomic E-state index is 13.3. The molecule has 1 aromatic heterocycles. The first-order valence-electron chi connectivity index (χ1n) is 6.08. The molecule has 98 valence electrons. The molecule has 0 radical (unpaired) electrons. The highest BCUT2D eigenvalue weighted by Gasteiger charge is 2.27. The molecule has 2 aromatic rings. The number of fused-ring (bicyclic) bond motifs is 1. The van der Waals surface area contributed by atoms with Crippen molar-refractivity contribution in [1.82, 2.24) is 4.57 Å². The molecule has 0 fully saturated rings. The molecule has 5 heteroatoms. The Hall–Kier alpha value is -2.30. The molecule has 0 saturated heterocycles. The molecule has 2 heterocycles. The fourth-order valence-corrected chi connectivity index (χ4v) is 2.50. The molecule has 2 N–H and O–H groups in total. The van der Waals surface area contributed by atoms with Crippen LogP contribution < -0.4 is 10.6 Å². The van der Waals surface area contributed by atoms with E-state index in [4.69, 9.17) is 5.73 Å². The molecule has 1 aliphatic heterocycles. The molecule has 0 bridgehead atoms. The van der Waals surface area contributed by atoms with Gasteiger partial charge in [0.1, 0.15) is 11.5 Å². The smallest absolute Gasteiger partial charge is 0.274 e. The van der Waals surface area contributed by atoms with Gasteiger partial charge in [0.15, 0.2) is 0 Å². The monoisotopic (exact) mass is 259 g/mol. The number of aryl methyl sites for hydroxylation is 1. The maximum atomic E-state index is 13.3. The van der Waals surface area contributed by atoms with E-state index < -0.39 is 0 Å². The minimum Gasteiger partial charge on any atom is -0.397 e. The minimum absolute atomic E-state index is 0.149. The van der Waals surface area contributed by atoms with Crippen LogP contribution in [0.5, 0.6) is 0 Å². The number of benzene rings is 1. The maximum Gasteiger partial charge on any atom is 0.274 e. The molecular formula is C14H14FN3O. The molecule has 19 heavy (non-hydrogen) atoms. The number of aromatic nitrogens is 1. The second kappa shape index (κ2) is 4.12. The van der Waals surface area contributed by atoms with E-state index >= 15 is 0 Å². The predicted octanol–water partition coefficient (Wildman–Crippen LogP) is 1.95. The molecule has 3 rings (SSSR count). The van der Waals surface area contributed by atoms with Crippen LogP contribution in [0.2, 0.25) is 0 Å². The summed E-state index contributed by atoms with van der Waals surface area (Å²) in [7, 11) is 1.77. The van der Waals surface area contributed by atoms with Crippen LogP contribution in [0.4, 0.5) is 15.8 Å². The van der Waals surface area contributed by atoms with Crippen molar-refractivity contribution < 1.29 is 9.18 Å². The number of nitrogens with zero attached hydrogens (tertiary/aromatic N) is 2. The van der Waals surface area contributed by atoms with Crippen LogP contribution in [0.25, 0.3) is 0 Å². The number of nitrogen functional groups attached to an aromatic ring is 1. The van der Waals surface area contributed by atoms with Crippen LogP contribution in [0.1, 0.15) is 16.1 Å². The van der Waals surface area contributed by atoms with Crippen LogP contribution in [-0.2, 0) is 13.5 Å². The Kier molecular flexibility index (Phi) is 2.55. The number of hydrogen-bond acceptors (Lipinski definition) is 2. The van der Waals surface area contributed by atoms with Gasteiger partial charge in [-0.05, 0) is 30.2 Å². The van der Waals surface area contributed by atoms with Gasteiger partial charge in [0, 0.05) is 19.8 Å². The van der Waals surface area contributed by atoms with Gasteiger partial charge in [-0.2, -0.15) is 0 Å². The number of rotatable bonds is 1. The summed E-state index contributed by atoms with van der Waals surface area (Å²) in [6.07, 6.45) is 2.44. The largest absolute Gasteiger partial charge is 0.397 e. The van der Waals surface area contributed by atoms with Crippen LogP contribution in [-0.4, -0.2) is 17.0 Å². The van der Waals surface area contributed by atoms with E-state index in [0.717, 1.165) is 12.0 Å². The predicted molar refractivity (Wildman–Crippen MR) is 71.6 cm³/mol. The summed E-state index contributed by atoms with van der Waals surface area (Å²) in [5.74, 6) is -0.478. The van der Waals surface area contributed by atoms with Gasteiger partial charge in [-0.25, -0.2) is 4.39 Å². The average molecular weight is 259 g/mol. The van der Waals surface area contributed by atoms with Crippen LogP contribution in [0, 0.1) is 5.82 Å². The second-order valence-corrected chi connectivity index (χ2v) is 4.75. The molecule has 0 aliphatic carbocycles. The standard InChI is InChI=1S/C14H14FN3O/c1-17-8-11(16)7-13(17)14(19)18-5-4-9-2-3-10(15)6-12(9)18/h2-3,6-8H,4-5,16H2,1H3. The molecule has 0 unspecified atom stereocenters. The molecule has 4 nitrogen and oxygen atoms in total. The first kappa shape index (κ1) is 11.8. The number of carbonyl (C=O) groups excluding carboxylic acids is 1. The van der Waals surface area contributed by atoms with Crippen molar-refractivity contribution in [1.29, 1.82) is 0 Å².